The Morgan fingerprint density at radius 3 is 2.48 bits per heavy atom. The van der Waals surface area contributed by atoms with Gasteiger partial charge in [-0.05, 0) is 30.7 Å². The van der Waals surface area contributed by atoms with Crippen LogP contribution in [-0.2, 0) is 10.0 Å². The number of sulfonamides is 1. The van der Waals surface area contributed by atoms with Gasteiger partial charge in [0.15, 0.2) is 0 Å². The molecule has 1 N–H and O–H groups in total. The number of pyridine rings is 1. The predicted molar refractivity (Wildman–Crippen MR) is 83.7 cm³/mol. The number of nitrogens with one attached hydrogen (secondary N) is 1. The van der Waals surface area contributed by atoms with E-state index in [0.717, 1.165) is 11.3 Å². The Labute approximate surface area is 125 Å². The van der Waals surface area contributed by atoms with Gasteiger partial charge in [-0.15, -0.1) is 0 Å². The lowest BCUT2D eigenvalue weighted by molar-refractivity contribution is 0.566. The summed E-state index contributed by atoms with van der Waals surface area (Å²) in [6.45, 7) is 1.83. The largest absolute Gasteiger partial charge is 0.377 e. The molecule has 2 aromatic rings. The van der Waals surface area contributed by atoms with Crippen LogP contribution < -0.4 is 9.62 Å². The summed E-state index contributed by atoms with van der Waals surface area (Å²) in [7, 11) is 0.282. The highest BCUT2D eigenvalue weighted by atomic mass is 32.2. The molecule has 0 saturated heterocycles. The molecule has 0 radical (unpaired) electrons. The molecule has 1 aromatic heterocycles. The maximum absolute atomic E-state index is 12.3. The third-order valence-electron chi connectivity index (χ3n) is 3.16. The van der Waals surface area contributed by atoms with Crippen molar-refractivity contribution >= 4 is 15.7 Å². The van der Waals surface area contributed by atoms with Gasteiger partial charge < -0.3 is 4.90 Å². The number of rotatable bonds is 5. The van der Waals surface area contributed by atoms with Crippen LogP contribution in [0, 0.1) is 0 Å². The molecule has 0 spiro atoms. The molecule has 0 aliphatic heterocycles. The van der Waals surface area contributed by atoms with Gasteiger partial charge in [-0.2, -0.15) is 0 Å². The zero-order valence-corrected chi connectivity index (χ0v) is 13.1. The molecule has 6 heteroatoms. The Kier molecular flexibility index (Phi) is 4.59. The van der Waals surface area contributed by atoms with Gasteiger partial charge in [0.25, 0.3) is 0 Å². The zero-order valence-electron chi connectivity index (χ0n) is 12.3. The highest BCUT2D eigenvalue weighted by Gasteiger charge is 2.20. The van der Waals surface area contributed by atoms with E-state index in [1.807, 2.05) is 50.2 Å². The van der Waals surface area contributed by atoms with E-state index in [2.05, 4.69) is 9.71 Å². The standard InChI is InChI=1S/C15H19N3O2S/c1-12(14-8-4-5-9-15(14)18(2)3)17-21(19,20)13-7-6-10-16-11-13/h4-12,17H,1-3H3. The van der Waals surface area contributed by atoms with E-state index in [1.165, 1.54) is 12.3 Å². The fourth-order valence-corrected chi connectivity index (χ4v) is 3.32. The first-order valence-corrected chi connectivity index (χ1v) is 8.09. The third-order valence-corrected chi connectivity index (χ3v) is 4.69. The van der Waals surface area contributed by atoms with E-state index >= 15 is 0 Å². The first-order chi connectivity index (χ1) is 9.92. The van der Waals surface area contributed by atoms with Crippen LogP contribution in [0.3, 0.4) is 0 Å². The van der Waals surface area contributed by atoms with E-state index in [1.54, 1.807) is 12.3 Å². The summed E-state index contributed by atoms with van der Waals surface area (Å²) in [6, 6.07) is 10.5. The normalized spacial score (nSPS) is 12.9. The van der Waals surface area contributed by atoms with Crippen LogP contribution in [0.15, 0.2) is 53.7 Å². The van der Waals surface area contributed by atoms with Crippen molar-refractivity contribution in [2.75, 3.05) is 19.0 Å². The number of para-hydroxylation sites is 1. The molecule has 0 amide bonds. The Hall–Kier alpha value is -1.92. The topological polar surface area (TPSA) is 62.3 Å². The van der Waals surface area contributed by atoms with E-state index in [0.29, 0.717) is 0 Å². The molecular weight excluding hydrogens is 286 g/mol. The molecule has 5 nitrogen and oxygen atoms in total. The highest BCUT2D eigenvalue weighted by molar-refractivity contribution is 7.89. The van der Waals surface area contributed by atoms with Crippen LogP contribution >= 0.6 is 0 Å². The Morgan fingerprint density at radius 1 is 1.14 bits per heavy atom. The number of benzene rings is 1. The predicted octanol–water partition coefficient (Wildman–Crippen LogP) is 2.19. The van der Waals surface area contributed by atoms with Gasteiger partial charge >= 0.3 is 0 Å². The Balaban J connectivity index is 2.29. The van der Waals surface area contributed by atoms with Gasteiger partial charge in [0.05, 0.1) is 0 Å². The van der Waals surface area contributed by atoms with Crippen molar-refractivity contribution in [3.8, 4) is 0 Å². The van der Waals surface area contributed by atoms with Gasteiger partial charge in [-0.3, -0.25) is 4.98 Å². The molecule has 112 valence electrons. The minimum atomic E-state index is -3.58. The summed E-state index contributed by atoms with van der Waals surface area (Å²) in [5.74, 6) is 0. The minimum absolute atomic E-state index is 0.166. The van der Waals surface area contributed by atoms with E-state index < -0.39 is 10.0 Å². The highest BCUT2D eigenvalue weighted by Crippen LogP contribution is 2.25. The third kappa shape index (κ3) is 3.59. The molecule has 21 heavy (non-hydrogen) atoms. The quantitative estimate of drug-likeness (QED) is 0.920. The molecule has 0 aliphatic carbocycles. The first kappa shape index (κ1) is 15.5. The second-order valence-electron chi connectivity index (χ2n) is 4.98. The molecule has 0 aliphatic rings. The maximum atomic E-state index is 12.3. The van der Waals surface area contributed by atoms with Gasteiger partial charge in [-0.25, -0.2) is 13.1 Å². The summed E-state index contributed by atoms with van der Waals surface area (Å²) in [5, 5.41) is 0. The van der Waals surface area contributed by atoms with E-state index in [9.17, 15) is 8.42 Å². The Bertz CT molecular complexity index is 700. The fraction of sp³-hybridized carbons (Fsp3) is 0.267. The summed E-state index contributed by atoms with van der Waals surface area (Å²) >= 11 is 0. The summed E-state index contributed by atoms with van der Waals surface area (Å²) < 4.78 is 27.4. The number of aromatic nitrogens is 1. The van der Waals surface area contributed by atoms with Crippen LogP contribution in [0.25, 0.3) is 0 Å². The van der Waals surface area contributed by atoms with Crippen LogP contribution in [0.1, 0.15) is 18.5 Å². The second kappa shape index (κ2) is 6.24. The average Bonchev–Trinajstić information content (AvgIpc) is 2.47. The van der Waals surface area contributed by atoms with Gasteiger partial charge in [-0.1, -0.05) is 18.2 Å². The monoisotopic (exact) mass is 305 g/mol. The van der Waals surface area contributed by atoms with Crippen LogP contribution in [-0.4, -0.2) is 27.5 Å². The van der Waals surface area contributed by atoms with Crippen LogP contribution in [0.4, 0.5) is 5.69 Å². The second-order valence-corrected chi connectivity index (χ2v) is 6.70. The minimum Gasteiger partial charge on any atom is -0.377 e. The SMILES string of the molecule is CC(NS(=O)(=O)c1cccnc1)c1ccccc1N(C)C. The van der Waals surface area contributed by atoms with Crippen molar-refractivity contribution in [2.45, 2.75) is 17.9 Å². The Morgan fingerprint density at radius 2 is 1.86 bits per heavy atom. The van der Waals surface area contributed by atoms with Crippen molar-refractivity contribution < 1.29 is 8.42 Å². The zero-order chi connectivity index (χ0) is 15.5. The lowest BCUT2D eigenvalue weighted by atomic mass is 10.1. The van der Waals surface area contributed by atoms with Crippen molar-refractivity contribution in [1.29, 1.82) is 0 Å². The fourth-order valence-electron chi connectivity index (χ4n) is 2.13. The average molecular weight is 305 g/mol. The number of hydrogen-bond donors (Lipinski definition) is 1. The first-order valence-electron chi connectivity index (χ1n) is 6.60. The van der Waals surface area contributed by atoms with Crippen molar-refractivity contribution in [1.82, 2.24) is 9.71 Å². The summed E-state index contributed by atoms with van der Waals surface area (Å²) in [6.07, 6.45) is 2.89. The van der Waals surface area contributed by atoms with Crippen molar-refractivity contribution in [3.63, 3.8) is 0 Å². The number of nitrogens with zero attached hydrogens (tertiary/aromatic N) is 2. The van der Waals surface area contributed by atoms with E-state index in [-0.39, 0.29) is 10.9 Å². The summed E-state index contributed by atoms with van der Waals surface area (Å²) in [5.41, 5.74) is 1.91. The lowest BCUT2D eigenvalue weighted by Gasteiger charge is -2.22. The molecule has 1 unspecified atom stereocenters. The molecule has 1 heterocycles. The smallest absolute Gasteiger partial charge is 0.242 e. The molecule has 1 aromatic carbocycles. The van der Waals surface area contributed by atoms with Crippen LogP contribution in [0.2, 0.25) is 0 Å². The molecule has 1 atom stereocenters. The van der Waals surface area contributed by atoms with Gasteiger partial charge in [0, 0.05) is 38.2 Å². The van der Waals surface area contributed by atoms with E-state index in [4.69, 9.17) is 0 Å². The number of anilines is 1. The molecule has 0 fully saturated rings. The molecule has 2 rings (SSSR count). The van der Waals surface area contributed by atoms with Crippen molar-refractivity contribution in [3.05, 3.63) is 54.4 Å². The molecule has 0 saturated carbocycles. The summed E-state index contributed by atoms with van der Waals surface area (Å²) in [4.78, 5) is 5.98. The van der Waals surface area contributed by atoms with Gasteiger partial charge in [0.2, 0.25) is 10.0 Å². The number of hydrogen-bond acceptors (Lipinski definition) is 4. The van der Waals surface area contributed by atoms with Crippen molar-refractivity contribution in [2.24, 2.45) is 0 Å². The molecular formula is C15H19N3O2S. The molecule has 0 bridgehead atoms. The lowest BCUT2D eigenvalue weighted by Crippen LogP contribution is -2.28. The van der Waals surface area contributed by atoms with Gasteiger partial charge in [0.1, 0.15) is 4.90 Å². The maximum Gasteiger partial charge on any atom is 0.242 e. The van der Waals surface area contributed by atoms with Crippen LogP contribution in [0.5, 0.6) is 0 Å².